The molecule has 8 heteroatoms. The maximum absolute atomic E-state index is 13.6. The summed E-state index contributed by atoms with van der Waals surface area (Å²) >= 11 is 5.80. The second-order valence-electron chi connectivity index (χ2n) is 6.89. The molecule has 0 aliphatic carbocycles. The van der Waals surface area contributed by atoms with Crippen LogP contribution in [0, 0.1) is 0 Å². The van der Waals surface area contributed by atoms with Gasteiger partial charge >= 0.3 is 6.18 Å². The van der Waals surface area contributed by atoms with E-state index in [9.17, 15) is 18.0 Å². The van der Waals surface area contributed by atoms with Crippen LogP contribution in [-0.2, 0) is 11.0 Å². The van der Waals surface area contributed by atoms with Crippen molar-refractivity contribution in [2.45, 2.75) is 6.18 Å². The summed E-state index contributed by atoms with van der Waals surface area (Å²) in [5.74, 6) is -0.641. The van der Waals surface area contributed by atoms with E-state index in [1.54, 1.807) is 30.3 Å². The Hall–Kier alpha value is -2.51. The molecule has 0 atom stereocenters. The molecule has 1 N–H and O–H groups in total. The normalized spacial score (nSPS) is 15.7. The van der Waals surface area contributed by atoms with Gasteiger partial charge in [-0.05, 0) is 49.0 Å². The van der Waals surface area contributed by atoms with Crippen molar-refractivity contribution in [1.82, 2.24) is 4.90 Å². The van der Waals surface area contributed by atoms with Gasteiger partial charge in [-0.1, -0.05) is 23.7 Å². The first-order valence-corrected chi connectivity index (χ1v) is 9.49. The van der Waals surface area contributed by atoms with E-state index in [-0.39, 0.29) is 5.69 Å². The van der Waals surface area contributed by atoms with Crippen molar-refractivity contribution in [3.05, 3.63) is 64.7 Å². The molecule has 0 bridgehead atoms. The highest BCUT2D eigenvalue weighted by atomic mass is 35.5. The summed E-state index contributed by atoms with van der Waals surface area (Å²) in [5.41, 5.74) is 0.0921. The second kappa shape index (κ2) is 8.88. The lowest BCUT2D eigenvalue weighted by Gasteiger charge is -2.34. The van der Waals surface area contributed by atoms with E-state index in [2.05, 4.69) is 10.2 Å². The smallest absolute Gasteiger partial charge is 0.369 e. The van der Waals surface area contributed by atoms with Crippen LogP contribution in [0.1, 0.15) is 11.1 Å². The summed E-state index contributed by atoms with van der Waals surface area (Å²) in [6, 6.07) is 10.8. The topological polar surface area (TPSA) is 35.6 Å². The molecule has 0 saturated carbocycles. The third-order valence-corrected chi connectivity index (χ3v) is 4.98. The number of hydrogen-bond acceptors (Lipinski definition) is 3. The Labute approximate surface area is 172 Å². The third-order valence-electron chi connectivity index (χ3n) is 4.73. The van der Waals surface area contributed by atoms with Crippen LogP contribution in [0.5, 0.6) is 0 Å². The van der Waals surface area contributed by atoms with Crippen molar-refractivity contribution in [2.24, 2.45) is 0 Å². The number of nitrogens with zero attached hydrogens (tertiary/aromatic N) is 2. The minimum absolute atomic E-state index is 0.263. The molecule has 1 heterocycles. The Morgan fingerprint density at radius 2 is 1.72 bits per heavy atom. The Morgan fingerprint density at radius 3 is 2.34 bits per heavy atom. The van der Waals surface area contributed by atoms with Crippen LogP contribution in [0.4, 0.5) is 24.5 Å². The largest absolute Gasteiger partial charge is 0.418 e. The van der Waals surface area contributed by atoms with Crippen molar-refractivity contribution in [1.29, 1.82) is 0 Å². The number of hydrogen-bond donors (Lipinski definition) is 1. The molecule has 29 heavy (non-hydrogen) atoms. The molecule has 0 unspecified atom stereocenters. The quantitative estimate of drug-likeness (QED) is 0.720. The van der Waals surface area contributed by atoms with Crippen LogP contribution in [0.3, 0.4) is 0 Å². The Kier molecular flexibility index (Phi) is 6.49. The van der Waals surface area contributed by atoms with Gasteiger partial charge in [0.1, 0.15) is 0 Å². The highest BCUT2D eigenvalue weighted by Gasteiger charge is 2.34. The van der Waals surface area contributed by atoms with Gasteiger partial charge in [0, 0.05) is 43.0 Å². The van der Waals surface area contributed by atoms with Crippen molar-refractivity contribution in [3.8, 4) is 0 Å². The summed E-state index contributed by atoms with van der Waals surface area (Å²) in [6.45, 7) is 2.89. The molecular formula is C21H21ClF3N3O. The molecule has 1 aliphatic heterocycles. The number of benzene rings is 2. The van der Waals surface area contributed by atoms with E-state index in [4.69, 9.17) is 11.6 Å². The monoisotopic (exact) mass is 423 g/mol. The predicted molar refractivity (Wildman–Crippen MR) is 110 cm³/mol. The molecule has 4 nitrogen and oxygen atoms in total. The number of piperazine rings is 1. The van der Waals surface area contributed by atoms with Crippen LogP contribution in [0.2, 0.25) is 5.02 Å². The minimum atomic E-state index is -4.58. The van der Waals surface area contributed by atoms with Crippen molar-refractivity contribution in [3.63, 3.8) is 0 Å². The third kappa shape index (κ3) is 5.74. The molecule has 0 radical (unpaired) electrons. The molecule has 3 rings (SSSR count). The number of anilines is 2. The highest BCUT2D eigenvalue weighted by Crippen LogP contribution is 2.37. The molecule has 0 spiro atoms. The number of nitrogens with one attached hydrogen (secondary N) is 1. The maximum Gasteiger partial charge on any atom is 0.418 e. The molecule has 2 aromatic carbocycles. The number of likely N-dealkylation sites (N-methyl/N-ethyl adjacent to an activating group) is 1. The van der Waals surface area contributed by atoms with Crippen LogP contribution in [0.15, 0.2) is 48.5 Å². The highest BCUT2D eigenvalue weighted by molar-refractivity contribution is 6.30. The fraction of sp³-hybridized carbons (Fsp3) is 0.286. The van der Waals surface area contributed by atoms with E-state index in [0.717, 1.165) is 19.2 Å². The molecule has 1 aliphatic rings. The van der Waals surface area contributed by atoms with Gasteiger partial charge in [0.25, 0.3) is 0 Å². The van der Waals surface area contributed by atoms with Gasteiger partial charge in [-0.25, -0.2) is 0 Å². The zero-order chi connectivity index (χ0) is 21.0. The van der Waals surface area contributed by atoms with Crippen molar-refractivity contribution < 1.29 is 18.0 Å². The fourth-order valence-corrected chi connectivity index (χ4v) is 3.18. The average molecular weight is 424 g/mol. The zero-order valence-electron chi connectivity index (χ0n) is 15.8. The Bertz CT molecular complexity index is 889. The lowest BCUT2D eigenvalue weighted by Crippen LogP contribution is -2.44. The first-order chi connectivity index (χ1) is 13.7. The second-order valence-corrected chi connectivity index (χ2v) is 7.33. The van der Waals surface area contributed by atoms with E-state index in [1.165, 1.54) is 18.2 Å². The molecule has 1 amide bonds. The lowest BCUT2D eigenvalue weighted by molar-refractivity contribution is -0.136. The van der Waals surface area contributed by atoms with E-state index in [0.29, 0.717) is 29.4 Å². The van der Waals surface area contributed by atoms with Gasteiger partial charge in [-0.3, -0.25) is 4.79 Å². The first-order valence-electron chi connectivity index (χ1n) is 9.12. The van der Waals surface area contributed by atoms with Crippen LogP contribution in [-0.4, -0.2) is 44.0 Å². The van der Waals surface area contributed by atoms with E-state index in [1.807, 2.05) is 11.9 Å². The standard InChI is InChI=1S/C21H21ClF3N3O/c1-27-10-12-28(13-11-27)17-7-8-19(18(14-17)21(23,24)25)26-20(29)9-4-15-2-5-16(22)6-3-15/h2-9,14H,10-13H2,1H3,(H,26,29)/b9-4+. The summed E-state index contributed by atoms with van der Waals surface area (Å²) < 4.78 is 40.8. The van der Waals surface area contributed by atoms with E-state index >= 15 is 0 Å². The van der Waals surface area contributed by atoms with Crippen molar-refractivity contribution >= 4 is 35.0 Å². The predicted octanol–water partition coefficient (Wildman–Crippen LogP) is 4.76. The number of carbonyl (C=O) groups excluding carboxylic acids is 1. The Balaban J connectivity index is 1.77. The zero-order valence-corrected chi connectivity index (χ0v) is 16.6. The number of halogens is 4. The summed E-state index contributed by atoms with van der Waals surface area (Å²) in [7, 11) is 1.98. The molecule has 154 valence electrons. The summed E-state index contributed by atoms with van der Waals surface area (Å²) in [5, 5.41) is 2.89. The molecule has 1 fully saturated rings. The van der Waals surface area contributed by atoms with Gasteiger partial charge in [0.2, 0.25) is 5.91 Å². The minimum Gasteiger partial charge on any atom is -0.369 e. The van der Waals surface area contributed by atoms with Crippen LogP contribution in [0.25, 0.3) is 6.08 Å². The van der Waals surface area contributed by atoms with Crippen LogP contribution >= 0.6 is 11.6 Å². The maximum atomic E-state index is 13.6. The molecule has 1 saturated heterocycles. The molecular weight excluding hydrogens is 403 g/mol. The van der Waals surface area contributed by atoms with Gasteiger partial charge in [0.15, 0.2) is 0 Å². The summed E-state index contributed by atoms with van der Waals surface area (Å²) in [6.07, 6.45) is -1.87. The number of amides is 1. The SMILES string of the molecule is CN1CCN(c2ccc(NC(=O)/C=C/c3ccc(Cl)cc3)c(C(F)(F)F)c2)CC1. The Morgan fingerprint density at radius 1 is 1.07 bits per heavy atom. The molecule has 2 aromatic rings. The van der Waals surface area contributed by atoms with Gasteiger partial charge < -0.3 is 15.1 Å². The van der Waals surface area contributed by atoms with Gasteiger partial charge in [-0.15, -0.1) is 0 Å². The van der Waals surface area contributed by atoms with Gasteiger partial charge in [-0.2, -0.15) is 13.2 Å². The average Bonchev–Trinajstić information content (AvgIpc) is 2.68. The number of alkyl halides is 3. The lowest BCUT2D eigenvalue weighted by atomic mass is 10.1. The van der Waals surface area contributed by atoms with E-state index < -0.39 is 17.6 Å². The number of carbonyl (C=O) groups is 1. The van der Waals surface area contributed by atoms with Crippen LogP contribution < -0.4 is 10.2 Å². The number of rotatable bonds is 4. The molecule has 0 aromatic heterocycles. The fourth-order valence-electron chi connectivity index (χ4n) is 3.06. The first kappa shape index (κ1) is 21.2. The summed E-state index contributed by atoms with van der Waals surface area (Å²) in [4.78, 5) is 16.2. The van der Waals surface area contributed by atoms with Crippen molar-refractivity contribution in [2.75, 3.05) is 43.4 Å². The van der Waals surface area contributed by atoms with Gasteiger partial charge in [0.05, 0.1) is 11.3 Å².